The molecule has 0 aliphatic rings. The average Bonchev–Trinajstić information content (AvgIpc) is 2.68. The molecule has 1 aromatic carbocycles. The summed E-state index contributed by atoms with van der Waals surface area (Å²) in [4.78, 5) is 16.9. The summed E-state index contributed by atoms with van der Waals surface area (Å²) in [7, 11) is 0. The Balaban J connectivity index is 2.64. The van der Waals surface area contributed by atoms with Crippen molar-refractivity contribution in [2.24, 2.45) is 0 Å². The lowest BCUT2D eigenvalue weighted by Crippen LogP contribution is -2.10. The minimum Gasteiger partial charge on any atom is -0.268 e. The van der Waals surface area contributed by atoms with Crippen LogP contribution in [0.4, 0.5) is 0 Å². The summed E-state index contributed by atoms with van der Waals surface area (Å²) in [6.07, 6.45) is 3.33. The first-order valence-corrected chi connectivity index (χ1v) is 5.92. The van der Waals surface area contributed by atoms with Gasteiger partial charge in [0.15, 0.2) is 4.96 Å². The minimum absolute atomic E-state index is 0.0162. The molecule has 0 atom stereocenters. The Bertz CT molecular complexity index is 716. The molecule has 15 heavy (non-hydrogen) atoms. The molecule has 2 aromatic heterocycles. The highest BCUT2D eigenvalue weighted by molar-refractivity contribution is 9.10. The maximum absolute atomic E-state index is 12.0. The van der Waals surface area contributed by atoms with E-state index in [-0.39, 0.29) is 5.56 Å². The zero-order valence-electron chi connectivity index (χ0n) is 7.48. The molecule has 0 saturated heterocycles. The number of rotatable bonds is 0. The van der Waals surface area contributed by atoms with Gasteiger partial charge < -0.3 is 0 Å². The summed E-state index contributed by atoms with van der Waals surface area (Å²) in [6, 6.07) is 5.70. The molecule has 0 saturated carbocycles. The van der Waals surface area contributed by atoms with E-state index in [1.807, 2.05) is 18.2 Å². The molecular formula is C10H5BrN2OS. The molecule has 2 heterocycles. The van der Waals surface area contributed by atoms with Crippen LogP contribution in [0, 0.1) is 0 Å². The summed E-state index contributed by atoms with van der Waals surface area (Å²) in [5.74, 6) is 0. The van der Waals surface area contributed by atoms with Crippen molar-refractivity contribution in [3.63, 3.8) is 0 Å². The van der Waals surface area contributed by atoms with Crippen LogP contribution in [-0.4, -0.2) is 9.38 Å². The normalized spacial score (nSPS) is 11.3. The molecule has 0 N–H and O–H groups in total. The summed E-state index contributed by atoms with van der Waals surface area (Å²) in [6.45, 7) is 0. The third-order valence-electron chi connectivity index (χ3n) is 2.20. The first kappa shape index (κ1) is 9.06. The number of fused-ring (bicyclic) bond motifs is 2. The average molecular weight is 281 g/mol. The third kappa shape index (κ3) is 1.31. The van der Waals surface area contributed by atoms with E-state index in [0.29, 0.717) is 0 Å². The number of halogens is 1. The lowest BCUT2D eigenvalue weighted by molar-refractivity contribution is 1.16. The molecule has 0 amide bonds. The van der Waals surface area contributed by atoms with Crippen LogP contribution < -0.4 is 5.56 Å². The third-order valence-corrected chi connectivity index (χ3v) is 3.75. The first-order valence-electron chi connectivity index (χ1n) is 4.31. The number of hydrogen-bond donors (Lipinski definition) is 0. The summed E-state index contributed by atoms with van der Waals surface area (Å²) < 4.78 is 3.44. The van der Waals surface area contributed by atoms with Crippen LogP contribution in [0.2, 0.25) is 0 Å². The van der Waals surface area contributed by atoms with Crippen LogP contribution in [-0.2, 0) is 0 Å². The van der Waals surface area contributed by atoms with E-state index in [9.17, 15) is 4.79 Å². The van der Waals surface area contributed by atoms with Gasteiger partial charge in [-0.15, -0.1) is 0 Å². The number of hydrogen-bond acceptors (Lipinski definition) is 3. The topological polar surface area (TPSA) is 34.4 Å². The van der Waals surface area contributed by atoms with Gasteiger partial charge in [-0.25, -0.2) is 4.98 Å². The fourth-order valence-electron chi connectivity index (χ4n) is 1.51. The lowest BCUT2D eigenvalue weighted by atomic mass is 10.3. The molecule has 0 spiro atoms. The zero-order chi connectivity index (χ0) is 10.4. The van der Waals surface area contributed by atoms with E-state index < -0.39 is 0 Å². The second-order valence-corrected chi connectivity index (χ2v) is 5.05. The SMILES string of the molecule is O=c1c2cc(Br)ccc2sc2nccn12. The van der Waals surface area contributed by atoms with Crippen LogP contribution >= 0.6 is 27.3 Å². The van der Waals surface area contributed by atoms with Gasteiger partial charge in [0, 0.05) is 21.6 Å². The quantitative estimate of drug-likeness (QED) is 0.635. The summed E-state index contributed by atoms with van der Waals surface area (Å²) in [5, 5.41) is 0.722. The molecule has 0 fully saturated rings. The van der Waals surface area contributed by atoms with Gasteiger partial charge in [0.05, 0.1) is 5.39 Å². The molecular weight excluding hydrogens is 276 g/mol. The van der Waals surface area contributed by atoms with Gasteiger partial charge in [0.2, 0.25) is 0 Å². The highest BCUT2D eigenvalue weighted by Crippen LogP contribution is 2.22. The molecule has 0 radical (unpaired) electrons. The fraction of sp³-hybridized carbons (Fsp3) is 0. The van der Waals surface area contributed by atoms with Crippen LogP contribution in [0.25, 0.3) is 15.0 Å². The number of benzene rings is 1. The first-order chi connectivity index (χ1) is 7.25. The predicted octanol–water partition coefficient (Wildman–Crippen LogP) is 2.67. The van der Waals surface area contributed by atoms with E-state index in [2.05, 4.69) is 20.9 Å². The van der Waals surface area contributed by atoms with E-state index >= 15 is 0 Å². The molecule has 3 nitrogen and oxygen atoms in total. The van der Waals surface area contributed by atoms with Gasteiger partial charge in [-0.3, -0.25) is 9.20 Å². The highest BCUT2D eigenvalue weighted by atomic mass is 79.9. The van der Waals surface area contributed by atoms with Crippen molar-refractivity contribution in [2.75, 3.05) is 0 Å². The van der Waals surface area contributed by atoms with Gasteiger partial charge in [0.25, 0.3) is 5.56 Å². The Morgan fingerprint density at radius 1 is 1.40 bits per heavy atom. The largest absolute Gasteiger partial charge is 0.268 e. The van der Waals surface area contributed by atoms with Gasteiger partial charge in [-0.05, 0) is 18.2 Å². The molecule has 5 heteroatoms. The number of imidazole rings is 1. The Morgan fingerprint density at radius 2 is 2.27 bits per heavy atom. The Labute approximate surface area is 97.1 Å². The molecule has 0 aliphatic heterocycles. The van der Waals surface area contributed by atoms with Crippen molar-refractivity contribution in [1.29, 1.82) is 0 Å². The summed E-state index contributed by atoms with van der Waals surface area (Å²) >= 11 is 4.87. The van der Waals surface area contributed by atoms with Gasteiger partial charge in [-0.2, -0.15) is 0 Å². The van der Waals surface area contributed by atoms with Crippen LogP contribution in [0.5, 0.6) is 0 Å². The molecule has 3 aromatic rings. The van der Waals surface area contributed by atoms with Crippen molar-refractivity contribution in [1.82, 2.24) is 9.38 Å². The molecule has 0 unspecified atom stereocenters. The number of aromatic nitrogens is 2. The second kappa shape index (κ2) is 3.15. The van der Waals surface area contributed by atoms with Gasteiger partial charge in [0.1, 0.15) is 0 Å². The van der Waals surface area contributed by atoms with Crippen molar-refractivity contribution in [2.45, 2.75) is 0 Å². The molecule has 0 aliphatic carbocycles. The Hall–Kier alpha value is -1.20. The van der Waals surface area contributed by atoms with E-state index in [1.165, 1.54) is 11.3 Å². The van der Waals surface area contributed by atoms with Crippen LogP contribution in [0.1, 0.15) is 0 Å². The predicted molar refractivity (Wildman–Crippen MR) is 64.5 cm³/mol. The Kier molecular flexibility index (Phi) is 1.90. The van der Waals surface area contributed by atoms with Gasteiger partial charge >= 0.3 is 0 Å². The van der Waals surface area contributed by atoms with E-state index in [0.717, 1.165) is 19.5 Å². The lowest BCUT2D eigenvalue weighted by Gasteiger charge is -1.98. The standard InChI is InChI=1S/C10H5BrN2OS/c11-6-1-2-8-7(5-6)9(14)13-4-3-12-10(13)15-8/h1-5H. The van der Waals surface area contributed by atoms with Crippen molar-refractivity contribution in [3.8, 4) is 0 Å². The smallest absolute Gasteiger partial charge is 0.265 e. The van der Waals surface area contributed by atoms with Crippen LogP contribution in [0.15, 0.2) is 39.9 Å². The van der Waals surface area contributed by atoms with Crippen LogP contribution in [0.3, 0.4) is 0 Å². The monoisotopic (exact) mass is 280 g/mol. The molecule has 0 bridgehead atoms. The van der Waals surface area contributed by atoms with Crippen molar-refractivity contribution < 1.29 is 0 Å². The Morgan fingerprint density at radius 3 is 3.13 bits per heavy atom. The van der Waals surface area contributed by atoms with E-state index in [4.69, 9.17) is 0 Å². The highest BCUT2D eigenvalue weighted by Gasteiger charge is 2.05. The maximum atomic E-state index is 12.0. The maximum Gasteiger partial charge on any atom is 0.265 e. The second-order valence-electron chi connectivity index (χ2n) is 3.13. The number of nitrogens with zero attached hydrogens (tertiary/aromatic N) is 2. The fourth-order valence-corrected chi connectivity index (χ4v) is 2.81. The van der Waals surface area contributed by atoms with E-state index in [1.54, 1.807) is 16.8 Å². The van der Waals surface area contributed by atoms with Crippen molar-refractivity contribution >= 4 is 42.3 Å². The molecule has 74 valence electrons. The van der Waals surface area contributed by atoms with Crippen molar-refractivity contribution in [3.05, 3.63) is 45.4 Å². The molecule has 3 rings (SSSR count). The van der Waals surface area contributed by atoms with Gasteiger partial charge in [-0.1, -0.05) is 27.3 Å². The zero-order valence-corrected chi connectivity index (χ0v) is 9.88. The minimum atomic E-state index is -0.0162. The summed E-state index contributed by atoms with van der Waals surface area (Å²) in [5.41, 5.74) is -0.0162.